The zero-order chi connectivity index (χ0) is 13.3. The fraction of sp³-hybridized carbons (Fsp3) is 0.333. The van der Waals surface area contributed by atoms with Crippen molar-refractivity contribution in [2.45, 2.75) is 12.3 Å². The third kappa shape index (κ3) is 2.61. The van der Waals surface area contributed by atoms with E-state index < -0.39 is 24.2 Å². The summed E-state index contributed by atoms with van der Waals surface area (Å²) in [5.74, 6) is -2.56. The Labute approximate surface area is 108 Å². The molecule has 1 aliphatic carbocycles. The van der Waals surface area contributed by atoms with Crippen LogP contribution < -0.4 is 5.32 Å². The summed E-state index contributed by atoms with van der Waals surface area (Å²) >= 11 is 5.90. The van der Waals surface area contributed by atoms with Crippen LogP contribution in [0.1, 0.15) is 17.9 Å². The molecule has 1 amide bonds. The second-order valence-electron chi connectivity index (χ2n) is 4.20. The lowest BCUT2D eigenvalue weighted by Gasteiger charge is -2.05. The van der Waals surface area contributed by atoms with Crippen LogP contribution in [-0.4, -0.2) is 23.5 Å². The van der Waals surface area contributed by atoms with Gasteiger partial charge in [0, 0.05) is 22.4 Å². The molecule has 4 nitrogen and oxygen atoms in total. The van der Waals surface area contributed by atoms with E-state index in [0.717, 1.165) is 0 Å². The molecule has 2 rings (SSSR count). The molecule has 0 bridgehead atoms. The van der Waals surface area contributed by atoms with Gasteiger partial charge in [-0.25, -0.2) is 4.39 Å². The van der Waals surface area contributed by atoms with Crippen LogP contribution in [0.4, 0.5) is 4.39 Å². The summed E-state index contributed by atoms with van der Waals surface area (Å²) in [6, 6.07) is 4.37. The molecule has 18 heavy (non-hydrogen) atoms. The van der Waals surface area contributed by atoms with E-state index in [1.165, 1.54) is 12.1 Å². The Morgan fingerprint density at radius 2 is 2.22 bits per heavy atom. The summed E-state index contributed by atoms with van der Waals surface area (Å²) in [7, 11) is 0. The van der Waals surface area contributed by atoms with Crippen LogP contribution in [0.15, 0.2) is 18.2 Å². The number of carbonyl (C=O) groups is 2. The lowest BCUT2D eigenvalue weighted by molar-refractivity contribution is -0.138. The standard InChI is InChI=1S/C12H11ClFNO3/c13-8-2-1-3-9(14)11(8)6-4-7(6)12(18)15-5-10(16)17/h1-3,6-7H,4-5H2,(H,15,18)(H,16,17)/t6-,7-/m0/s1. The van der Waals surface area contributed by atoms with Crippen molar-refractivity contribution >= 4 is 23.5 Å². The van der Waals surface area contributed by atoms with Crippen molar-refractivity contribution in [1.82, 2.24) is 5.32 Å². The number of amides is 1. The van der Waals surface area contributed by atoms with Crippen molar-refractivity contribution in [3.8, 4) is 0 Å². The Morgan fingerprint density at radius 3 is 2.83 bits per heavy atom. The van der Waals surface area contributed by atoms with Crippen molar-refractivity contribution in [2.24, 2.45) is 5.92 Å². The minimum absolute atomic E-state index is 0.257. The second kappa shape index (κ2) is 4.94. The van der Waals surface area contributed by atoms with Gasteiger partial charge >= 0.3 is 5.97 Å². The van der Waals surface area contributed by atoms with Crippen LogP contribution in [0.25, 0.3) is 0 Å². The fourth-order valence-corrected chi connectivity index (χ4v) is 2.27. The topological polar surface area (TPSA) is 66.4 Å². The number of rotatable bonds is 4. The van der Waals surface area contributed by atoms with Gasteiger partial charge in [-0.05, 0) is 18.6 Å². The van der Waals surface area contributed by atoms with E-state index in [9.17, 15) is 14.0 Å². The van der Waals surface area contributed by atoms with E-state index >= 15 is 0 Å². The normalized spacial score (nSPS) is 21.4. The molecule has 1 aromatic carbocycles. The molecule has 0 unspecified atom stereocenters. The molecular formula is C12H11ClFNO3. The highest BCUT2D eigenvalue weighted by molar-refractivity contribution is 6.31. The summed E-state index contributed by atoms with van der Waals surface area (Å²) in [4.78, 5) is 21.9. The smallest absolute Gasteiger partial charge is 0.322 e. The number of aliphatic carboxylic acids is 1. The molecule has 0 aliphatic heterocycles. The van der Waals surface area contributed by atoms with Crippen LogP contribution in [0.5, 0.6) is 0 Å². The van der Waals surface area contributed by atoms with Crippen molar-refractivity contribution in [1.29, 1.82) is 0 Å². The molecule has 1 aromatic rings. The molecule has 6 heteroatoms. The lowest BCUT2D eigenvalue weighted by Crippen LogP contribution is -2.30. The van der Waals surface area contributed by atoms with Crippen LogP contribution in [0.3, 0.4) is 0 Å². The highest BCUT2D eigenvalue weighted by Crippen LogP contribution is 2.50. The monoisotopic (exact) mass is 271 g/mol. The van der Waals surface area contributed by atoms with Crippen molar-refractivity contribution in [3.63, 3.8) is 0 Å². The van der Waals surface area contributed by atoms with Gasteiger partial charge < -0.3 is 10.4 Å². The van der Waals surface area contributed by atoms with Gasteiger partial charge in [0.05, 0.1) is 0 Å². The van der Waals surface area contributed by atoms with Gasteiger partial charge in [0.2, 0.25) is 5.91 Å². The first kappa shape index (κ1) is 12.8. The number of benzene rings is 1. The average Bonchev–Trinajstić information content (AvgIpc) is 3.06. The number of carboxylic acid groups (broad SMARTS) is 1. The number of nitrogens with one attached hydrogen (secondary N) is 1. The summed E-state index contributed by atoms with van der Waals surface area (Å²) in [6.45, 7) is -0.424. The van der Waals surface area contributed by atoms with E-state index in [-0.39, 0.29) is 11.8 Å². The van der Waals surface area contributed by atoms with Crippen LogP contribution in [-0.2, 0) is 9.59 Å². The predicted molar refractivity (Wildman–Crippen MR) is 62.9 cm³/mol. The van der Waals surface area contributed by atoms with Crippen LogP contribution in [0, 0.1) is 11.7 Å². The van der Waals surface area contributed by atoms with Crippen molar-refractivity contribution < 1.29 is 19.1 Å². The van der Waals surface area contributed by atoms with Gasteiger partial charge in [-0.3, -0.25) is 9.59 Å². The van der Waals surface area contributed by atoms with E-state index in [4.69, 9.17) is 16.7 Å². The molecule has 2 N–H and O–H groups in total. The predicted octanol–water partition coefficient (Wildman–Crippen LogP) is 1.78. The minimum atomic E-state index is -1.11. The van der Waals surface area contributed by atoms with Gasteiger partial charge in [0.15, 0.2) is 0 Å². The van der Waals surface area contributed by atoms with Gasteiger partial charge in [-0.2, -0.15) is 0 Å². The maximum Gasteiger partial charge on any atom is 0.322 e. The molecule has 1 fully saturated rings. The molecule has 0 spiro atoms. The Morgan fingerprint density at radius 1 is 1.50 bits per heavy atom. The van der Waals surface area contributed by atoms with E-state index in [2.05, 4.69) is 5.32 Å². The summed E-state index contributed by atoms with van der Waals surface area (Å²) in [5.41, 5.74) is 0.342. The maximum atomic E-state index is 13.6. The molecular weight excluding hydrogens is 261 g/mol. The summed E-state index contributed by atoms with van der Waals surface area (Å²) < 4.78 is 13.6. The van der Waals surface area contributed by atoms with Crippen molar-refractivity contribution in [2.75, 3.05) is 6.54 Å². The number of hydrogen-bond donors (Lipinski definition) is 2. The van der Waals surface area contributed by atoms with Crippen molar-refractivity contribution in [3.05, 3.63) is 34.6 Å². The highest BCUT2D eigenvalue weighted by Gasteiger charge is 2.46. The first-order valence-electron chi connectivity index (χ1n) is 5.44. The number of halogens is 2. The zero-order valence-corrected chi connectivity index (χ0v) is 10.1. The lowest BCUT2D eigenvalue weighted by atomic mass is 10.1. The zero-order valence-electron chi connectivity index (χ0n) is 9.32. The molecule has 1 saturated carbocycles. The SMILES string of the molecule is O=C(O)CNC(=O)[C@H]1C[C@@H]1c1c(F)cccc1Cl. The van der Waals surface area contributed by atoms with Crippen LogP contribution >= 0.6 is 11.6 Å². The molecule has 0 heterocycles. The highest BCUT2D eigenvalue weighted by atomic mass is 35.5. The van der Waals surface area contributed by atoms with E-state index in [0.29, 0.717) is 17.0 Å². The molecule has 0 aromatic heterocycles. The average molecular weight is 272 g/mol. The largest absolute Gasteiger partial charge is 0.480 e. The van der Waals surface area contributed by atoms with E-state index in [1.807, 2.05) is 0 Å². The molecule has 0 saturated heterocycles. The third-order valence-electron chi connectivity index (χ3n) is 2.91. The van der Waals surface area contributed by atoms with E-state index in [1.54, 1.807) is 6.07 Å². The Kier molecular flexibility index (Phi) is 3.52. The van der Waals surface area contributed by atoms with Crippen LogP contribution in [0.2, 0.25) is 5.02 Å². The molecule has 96 valence electrons. The summed E-state index contributed by atoms with van der Waals surface area (Å²) in [6.07, 6.45) is 0.492. The van der Waals surface area contributed by atoms with Gasteiger partial charge in [-0.1, -0.05) is 17.7 Å². The van der Waals surface area contributed by atoms with Gasteiger partial charge in [0.25, 0.3) is 0 Å². The quantitative estimate of drug-likeness (QED) is 0.877. The fourth-order valence-electron chi connectivity index (χ4n) is 1.96. The van der Waals surface area contributed by atoms with Gasteiger partial charge in [-0.15, -0.1) is 0 Å². The molecule has 2 atom stereocenters. The summed E-state index contributed by atoms with van der Waals surface area (Å²) in [5, 5.41) is 11.0. The molecule has 0 radical (unpaired) electrons. The first-order chi connectivity index (χ1) is 8.50. The Bertz CT molecular complexity index is 486. The first-order valence-corrected chi connectivity index (χ1v) is 5.82. The van der Waals surface area contributed by atoms with Gasteiger partial charge in [0.1, 0.15) is 12.4 Å². The molecule has 1 aliphatic rings. The number of hydrogen-bond acceptors (Lipinski definition) is 2. The maximum absolute atomic E-state index is 13.6. The second-order valence-corrected chi connectivity index (χ2v) is 4.60. The minimum Gasteiger partial charge on any atom is -0.480 e. The Balaban J connectivity index is 2.03. The Hall–Kier alpha value is -1.62. The number of carbonyl (C=O) groups excluding carboxylic acids is 1. The third-order valence-corrected chi connectivity index (χ3v) is 3.24. The number of carboxylic acids is 1.